The number of carbonyl (C=O) groups is 2. The lowest BCUT2D eigenvalue weighted by Crippen LogP contribution is -2.29. The number of phosphoric acid groups is 1. The third kappa shape index (κ3) is 51.0. The Hall–Kier alpha value is -2.29. The first-order chi connectivity index (χ1) is 31.8. The van der Waals surface area contributed by atoms with Crippen molar-refractivity contribution in [1.29, 1.82) is 0 Å². The van der Waals surface area contributed by atoms with Crippen LogP contribution in [0.25, 0.3) is 0 Å². The Kier molecular flexibility index (Phi) is 49.3. The predicted molar refractivity (Wildman–Crippen MR) is 275 cm³/mol. The summed E-state index contributed by atoms with van der Waals surface area (Å²) in [6.45, 7) is 3.65. The highest BCUT2D eigenvalue weighted by molar-refractivity contribution is 7.47. The molecule has 0 radical (unpaired) electrons. The lowest BCUT2D eigenvalue weighted by atomic mass is 10.0. The summed E-state index contributed by atoms with van der Waals surface area (Å²) in [5.41, 5.74) is 5.37. The summed E-state index contributed by atoms with van der Waals surface area (Å²) in [4.78, 5) is 35.1. The molecule has 0 aliphatic rings. The molecule has 65 heavy (non-hydrogen) atoms. The third-order valence-corrected chi connectivity index (χ3v) is 12.4. The number of phosphoric ester groups is 1. The summed E-state index contributed by atoms with van der Waals surface area (Å²) in [6, 6.07) is 0. The fourth-order valence-corrected chi connectivity index (χ4v) is 8.25. The first kappa shape index (κ1) is 62.7. The maximum Gasteiger partial charge on any atom is 0.472 e. The van der Waals surface area contributed by atoms with Crippen molar-refractivity contribution in [3.63, 3.8) is 0 Å². The van der Waals surface area contributed by atoms with Crippen molar-refractivity contribution in [2.75, 3.05) is 26.4 Å². The van der Waals surface area contributed by atoms with Gasteiger partial charge in [-0.1, -0.05) is 235 Å². The molecule has 0 aromatic carbocycles. The molecule has 0 bridgehead atoms. The van der Waals surface area contributed by atoms with Gasteiger partial charge < -0.3 is 20.1 Å². The molecule has 0 aliphatic heterocycles. The maximum absolute atomic E-state index is 12.7. The van der Waals surface area contributed by atoms with Gasteiger partial charge in [-0.15, -0.1) is 0 Å². The highest BCUT2D eigenvalue weighted by Crippen LogP contribution is 2.43. The number of unbranched alkanes of at least 4 members (excludes halogenated alkanes) is 27. The Morgan fingerprint density at radius 3 is 1.26 bits per heavy atom. The van der Waals surface area contributed by atoms with Crippen LogP contribution in [0, 0.1) is 0 Å². The monoisotopic (exact) mass is 934 g/mol. The summed E-state index contributed by atoms with van der Waals surface area (Å²) in [5.74, 6) is -0.824. The average Bonchev–Trinajstić information content (AvgIpc) is 3.30. The third-order valence-electron chi connectivity index (χ3n) is 11.4. The van der Waals surface area contributed by atoms with Gasteiger partial charge in [0.2, 0.25) is 0 Å². The minimum Gasteiger partial charge on any atom is -0.462 e. The van der Waals surface area contributed by atoms with E-state index in [1.807, 2.05) is 0 Å². The molecule has 2 atom stereocenters. The Morgan fingerprint density at radius 1 is 0.477 bits per heavy atom. The van der Waals surface area contributed by atoms with E-state index in [4.69, 9.17) is 24.3 Å². The van der Waals surface area contributed by atoms with Crippen LogP contribution in [0.2, 0.25) is 0 Å². The standard InChI is InChI=1S/C55H100NO8P/c1-3-5-7-9-11-13-15-17-19-21-22-23-24-25-26-27-28-29-30-32-34-36-38-40-42-44-46-48-55(58)64-53(52-63-65(59,60)62-50-49-56)51-61-54(57)47-45-43-41-39-37-35-33-31-20-18-16-14-12-10-8-6-4-2/h5,7,11,13,17,19,22-23,25-26,53H,3-4,6,8-10,12,14-16,18,20-21,24,27-52,56H2,1-2H3,(H,59,60)/b7-5-,13-11-,19-17-,23-22-,26-25-. The van der Waals surface area contributed by atoms with Crippen molar-refractivity contribution in [3.8, 4) is 0 Å². The van der Waals surface area contributed by atoms with Crippen LogP contribution in [0.3, 0.4) is 0 Å². The smallest absolute Gasteiger partial charge is 0.462 e. The first-order valence-electron chi connectivity index (χ1n) is 26.8. The van der Waals surface area contributed by atoms with E-state index < -0.39 is 26.5 Å². The molecule has 0 aromatic heterocycles. The zero-order valence-corrected chi connectivity index (χ0v) is 42.9. The minimum absolute atomic E-state index is 0.0524. The first-order valence-corrected chi connectivity index (χ1v) is 28.3. The molecule has 10 heteroatoms. The van der Waals surface area contributed by atoms with Crippen molar-refractivity contribution in [1.82, 2.24) is 0 Å². The Bertz CT molecular complexity index is 1250. The normalized spacial score (nSPS) is 13.6. The van der Waals surface area contributed by atoms with Gasteiger partial charge in [0.25, 0.3) is 0 Å². The molecule has 0 saturated carbocycles. The van der Waals surface area contributed by atoms with E-state index in [0.29, 0.717) is 6.42 Å². The SMILES string of the molecule is CC/C=C\C/C=C\C/C=C\C/C=C\C/C=C\CCCCCCCCCCCCCC(=O)OC(COC(=O)CCCCCCCCCCCCCCCCCCC)COP(=O)(O)OCCN. The molecule has 9 nitrogen and oxygen atoms in total. The van der Waals surface area contributed by atoms with E-state index in [1.165, 1.54) is 135 Å². The summed E-state index contributed by atoms with van der Waals surface area (Å²) >= 11 is 0. The minimum atomic E-state index is -4.38. The number of allylic oxidation sites excluding steroid dienone is 10. The summed E-state index contributed by atoms with van der Waals surface area (Å²) in [6.07, 6.45) is 62.6. The van der Waals surface area contributed by atoms with Gasteiger partial charge in [0.1, 0.15) is 6.61 Å². The highest BCUT2D eigenvalue weighted by Gasteiger charge is 2.26. The van der Waals surface area contributed by atoms with Crippen molar-refractivity contribution in [2.24, 2.45) is 5.73 Å². The van der Waals surface area contributed by atoms with E-state index in [9.17, 15) is 19.0 Å². The van der Waals surface area contributed by atoms with Crippen LogP contribution in [0.4, 0.5) is 0 Å². The predicted octanol–water partition coefficient (Wildman–Crippen LogP) is 16.4. The van der Waals surface area contributed by atoms with Crippen molar-refractivity contribution < 1.29 is 37.6 Å². The van der Waals surface area contributed by atoms with E-state index in [0.717, 1.165) is 77.0 Å². The molecular weight excluding hydrogens is 834 g/mol. The van der Waals surface area contributed by atoms with Crippen LogP contribution >= 0.6 is 7.82 Å². The fourth-order valence-electron chi connectivity index (χ4n) is 7.49. The molecule has 3 N–H and O–H groups in total. The quantitative estimate of drug-likeness (QED) is 0.0265. The lowest BCUT2D eigenvalue weighted by Gasteiger charge is -2.19. The topological polar surface area (TPSA) is 134 Å². The molecule has 2 unspecified atom stereocenters. The van der Waals surface area contributed by atoms with Gasteiger partial charge >= 0.3 is 19.8 Å². The summed E-state index contributed by atoms with van der Waals surface area (Å²) in [7, 11) is -4.38. The summed E-state index contributed by atoms with van der Waals surface area (Å²) in [5, 5.41) is 0. The summed E-state index contributed by atoms with van der Waals surface area (Å²) < 4.78 is 33.0. The molecule has 0 aromatic rings. The van der Waals surface area contributed by atoms with Crippen molar-refractivity contribution in [2.45, 2.75) is 251 Å². The molecule has 0 rings (SSSR count). The van der Waals surface area contributed by atoms with Crippen LogP contribution in [0.5, 0.6) is 0 Å². The second-order valence-corrected chi connectivity index (χ2v) is 19.2. The van der Waals surface area contributed by atoms with Gasteiger partial charge in [-0.25, -0.2) is 4.57 Å². The number of nitrogens with two attached hydrogens (primary N) is 1. The molecule has 0 amide bonds. The lowest BCUT2D eigenvalue weighted by molar-refractivity contribution is -0.161. The van der Waals surface area contributed by atoms with E-state index in [2.05, 4.69) is 74.6 Å². The number of carbonyl (C=O) groups excluding carboxylic acids is 2. The molecule has 0 spiro atoms. The van der Waals surface area contributed by atoms with E-state index in [1.54, 1.807) is 0 Å². The van der Waals surface area contributed by atoms with Crippen LogP contribution in [-0.4, -0.2) is 49.3 Å². The Labute approximate surface area is 399 Å². The van der Waals surface area contributed by atoms with Gasteiger partial charge in [0, 0.05) is 19.4 Å². The van der Waals surface area contributed by atoms with Crippen LogP contribution < -0.4 is 5.73 Å². The number of rotatable bonds is 50. The molecule has 0 fully saturated rings. The molecule has 0 saturated heterocycles. The van der Waals surface area contributed by atoms with Crippen LogP contribution in [0.15, 0.2) is 60.8 Å². The zero-order chi connectivity index (χ0) is 47.4. The molecular formula is C55H100NO8P. The fraction of sp³-hybridized carbons (Fsp3) is 0.782. The van der Waals surface area contributed by atoms with Gasteiger partial charge in [0.15, 0.2) is 6.10 Å². The van der Waals surface area contributed by atoms with Gasteiger partial charge in [-0.05, 0) is 57.8 Å². The van der Waals surface area contributed by atoms with Gasteiger partial charge in [0.05, 0.1) is 13.2 Å². The van der Waals surface area contributed by atoms with Gasteiger partial charge in [-0.3, -0.25) is 18.6 Å². The molecule has 0 heterocycles. The second-order valence-electron chi connectivity index (χ2n) is 17.7. The van der Waals surface area contributed by atoms with Crippen molar-refractivity contribution in [3.05, 3.63) is 60.8 Å². The van der Waals surface area contributed by atoms with Crippen LogP contribution in [-0.2, 0) is 32.7 Å². The Balaban J connectivity index is 4.00. The van der Waals surface area contributed by atoms with E-state index >= 15 is 0 Å². The zero-order valence-electron chi connectivity index (χ0n) is 42.0. The number of hydrogen-bond donors (Lipinski definition) is 2. The van der Waals surface area contributed by atoms with Gasteiger partial charge in [-0.2, -0.15) is 0 Å². The van der Waals surface area contributed by atoms with E-state index in [-0.39, 0.29) is 38.6 Å². The number of esters is 2. The molecule has 378 valence electrons. The Morgan fingerprint density at radius 2 is 0.846 bits per heavy atom. The highest BCUT2D eigenvalue weighted by atomic mass is 31.2. The van der Waals surface area contributed by atoms with Crippen LogP contribution in [0.1, 0.15) is 245 Å². The second kappa shape index (κ2) is 51.1. The number of hydrogen-bond acceptors (Lipinski definition) is 8. The number of ether oxygens (including phenoxy) is 2. The largest absolute Gasteiger partial charge is 0.472 e. The average molecular weight is 934 g/mol. The van der Waals surface area contributed by atoms with Crippen molar-refractivity contribution >= 4 is 19.8 Å². The molecule has 0 aliphatic carbocycles. The maximum atomic E-state index is 12.7.